The molecule has 0 aromatic heterocycles. The van der Waals surface area contributed by atoms with Crippen LogP contribution in [0.25, 0.3) is 0 Å². The second-order valence-electron chi connectivity index (χ2n) is 9.13. The lowest BCUT2D eigenvalue weighted by Crippen LogP contribution is -2.45. The summed E-state index contributed by atoms with van der Waals surface area (Å²) in [5.41, 5.74) is -0.397. The van der Waals surface area contributed by atoms with Gasteiger partial charge in [-0.25, -0.2) is 0 Å². The van der Waals surface area contributed by atoms with E-state index in [9.17, 15) is 5.26 Å². The lowest BCUT2D eigenvalue weighted by molar-refractivity contribution is -0.247. The van der Waals surface area contributed by atoms with Gasteiger partial charge >= 0.3 is 0 Å². The monoisotopic (exact) mass is 377 g/mol. The first-order valence-electron chi connectivity index (χ1n) is 11.9. The van der Waals surface area contributed by atoms with Crippen LogP contribution in [0.5, 0.6) is 0 Å². The van der Waals surface area contributed by atoms with Gasteiger partial charge in [0.15, 0.2) is 6.29 Å². The number of hydrogen-bond donors (Lipinski definition) is 0. The van der Waals surface area contributed by atoms with Crippen molar-refractivity contribution in [3.63, 3.8) is 0 Å². The highest BCUT2D eigenvalue weighted by atomic mass is 16.7. The minimum Gasteiger partial charge on any atom is -0.351 e. The number of ether oxygens (including phenoxy) is 2. The van der Waals surface area contributed by atoms with E-state index < -0.39 is 5.41 Å². The number of nitrogens with zero attached hydrogens (tertiary/aromatic N) is 1. The second kappa shape index (κ2) is 12.8. The third-order valence-electron chi connectivity index (χ3n) is 6.82. The van der Waals surface area contributed by atoms with Gasteiger partial charge in [-0.05, 0) is 38.0 Å². The zero-order chi connectivity index (χ0) is 19.4. The molecule has 0 aromatic rings. The summed E-state index contributed by atoms with van der Waals surface area (Å²) < 4.78 is 12.2. The normalized spacial score (nSPS) is 31.5. The molecule has 1 saturated carbocycles. The molecule has 0 bridgehead atoms. The highest BCUT2D eigenvalue weighted by Gasteiger charge is 2.45. The molecule has 1 heterocycles. The molecule has 0 atom stereocenters. The van der Waals surface area contributed by atoms with Crippen LogP contribution in [0.3, 0.4) is 0 Å². The molecule has 0 unspecified atom stereocenters. The molecule has 3 heteroatoms. The van der Waals surface area contributed by atoms with E-state index in [1.165, 1.54) is 83.5 Å². The summed E-state index contributed by atoms with van der Waals surface area (Å²) in [4.78, 5) is 0. The molecule has 2 rings (SSSR count). The molecule has 1 saturated heterocycles. The van der Waals surface area contributed by atoms with E-state index in [1.54, 1.807) is 0 Å². The van der Waals surface area contributed by atoms with Crippen molar-refractivity contribution in [2.75, 3.05) is 13.2 Å². The first-order chi connectivity index (χ1) is 13.2. The van der Waals surface area contributed by atoms with E-state index in [1.807, 2.05) is 0 Å². The van der Waals surface area contributed by atoms with Crippen molar-refractivity contribution in [1.29, 1.82) is 5.26 Å². The summed E-state index contributed by atoms with van der Waals surface area (Å²) in [6, 6.07) is 2.62. The Morgan fingerprint density at radius 3 is 1.85 bits per heavy atom. The molecule has 0 N–H and O–H groups in total. The molecule has 3 nitrogen and oxygen atoms in total. The van der Waals surface area contributed by atoms with Gasteiger partial charge in [-0.3, -0.25) is 0 Å². The van der Waals surface area contributed by atoms with Crippen molar-refractivity contribution in [1.82, 2.24) is 0 Å². The molecule has 156 valence electrons. The largest absolute Gasteiger partial charge is 0.351 e. The van der Waals surface area contributed by atoms with Crippen LogP contribution in [0.4, 0.5) is 0 Å². The van der Waals surface area contributed by atoms with Crippen LogP contribution in [-0.4, -0.2) is 19.5 Å². The summed E-state index contributed by atoms with van der Waals surface area (Å²) in [6.45, 7) is 6.08. The van der Waals surface area contributed by atoms with E-state index in [4.69, 9.17) is 9.47 Å². The Morgan fingerprint density at radius 2 is 1.30 bits per heavy atom. The van der Waals surface area contributed by atoms with Gasteiger partial charge in [0.25, 0.3) is 0 Å². The van der Waals surface area contributed by atoms with Crippen molar-refractivity contribution < 1.29 is 9.47 Å². The second-order valence-corrected chi connectivity index (χ2v) is 9.13. The first kappa shape index (κ1) is 22.7. The summed E-state index contributed by atoms with van der Waals surface area (Å²) in [7, 11) is 0. The third-order valence-corrected chi connectivity index (χ3v) is 6.82. The summed E-state index contributed by atoms with van der Waals surface area (Å²) in [5.74, 6) is 1.33. The summed E-state index contributed by atoms with van der Waals surface area (Å²) in [6.07, 6.45) is 18.5. The van der Waals surface area contributed by atoms with Crippen LogP contribution in [0.15, 0.2) is 0 Å². The van der Waals surface area contributed by atoms with Gasteiger partial charge in [0.05, 0.1) is 19.3 Å². The van der Waals surface area contributed by atoms with E-state index in [0.29, 0.717) is 5.92 Å². The topological polar surface area (TPSA) is 42.2 Å². The average molecular weight is 378 g/mol. The van der Waals surface area contributed by atoms with Gasteiger partial charge < -0.3 is 9.47 Å². The molecule has 0 amide bonds. The lowest BCUT2D eigenvalue weighted by Gasteiger charge is -2.42. The van der Waals surface area contributed by atoms with Gasteiger partial charge in [0.1, 0.15) is 5.41 Å². The summed E-state index contributed by atoms with van der Waals surface area (Å²) in [5, 5.41) is 9.91. The highest BCUT2D eigenvalue weighted by Crippen LogP contribution is 2.45. The van der Waals surface area contributed by atoms with E-state index in [2.05, 4.69) is 19.9 Å². The minimum absolute atomic E-state index is 0.292. The Bertz CT molecular complexity index is 415. The van der Waals surface area contributed by atoms with Gasteiger partial charge in [-0.1, -0.05) is 78.1 Å². The Balaban J connectivity index is 1.67. The number of unbranched alkanes of at least 4 members (excludes halogenated alkanes) is 7. The summed E-state index contributed by atoms with van der Waals surface area (Å²) >= 11 is 0. The maximum atomic E-state index is 9.91. The molecule has 0 spiro atoms. The minimum atomic E-state index is -0.397. The predicted molar refractivity (Wildman–Crippen MR) is 111 cm³/mol. The van der Waals surface area contributed by atoms with E-state index in [0.717, 1.165) is 32.0 Å². The molecule has 2 aliphatic rings. The maximum absolute atomic E-state index is 9.91. The zero-order valence-corrected chi connectivity index (χ0v) is 18.0. The Labute approximate surface area is 168 Å². The van der Waals surface area contributed by atoms with Crippen molar-refractivity contribution in [3.05, 3.63) is 0 Å². The molecular weight excluding hydrogens is 334 g/mol. The van der Waals surface area contributed by atoms with E-state index >= 15 is 0 Å². The van der Waals surface area contributed by atoms with Crippen LogP contribution in [-0.2, 0) is 9.47 Å². The smallest absolute Gasteiger partial charge is 0.176 e. The highest BCUT2D eigenvalue weighted by molar-refractivity contribution is 5.04. The fourth-order valence-corrected chi connectivity index (χ4v) is 4.81. The van der Waals surface area contributed by atoms with E-state index in [-0.39, 0.29) is 6.29 Å². The van der Waals surface area contributed by atoms with Crippen LogP contribution in [0.1, 0.15) is 110 Å². The van der Waals surface area contributed by atoms with Crippen LogP contribution in [0.2, 0.25) is 0 Å². The zero-order valence-electron chi connectivity index (χ0n) is 18.0. The van der Waals surface area contributed by atoms with Crippen LogP contribution >= 0.6 is 0 Å². The first-order valence-corrected chi connectivity index (χ1v) is 11.9. The Kier molecular flexibility index (Phi) is 10.7. The van der Waals surface area contributed by atoms with Crippen LogP contribution in [0, 0.1) is 28.6 Å². The molecular formula is C24H43NO2. The number of rotatable bonds is 12. The van der Waals surface area contributed by atoms with Gasteiger partial charge in [0, 0.05) is 5.92 Å². The number of hydrogen-bond acceptors (Lipinski definition) is 3. The van der Waals surface area contributed by atoms with Crippen LogP contribution < -0.4 is 0 Å². The van der Waals surface area contributed by atoms with Crippen molar-refractivity contribution >= 4 is 0 Å². The fraction of sp³-hybridized carbons (Fsp3) is 0.958. The fourth-order valence-electron chi connectivity index (χ4n) is 4.81. The van der Waals surface area contributed by atoms with Crippen molar-refractivity contribution in [2.24, 2.45) is 17.3 Å². The molecule has 2 fully saturated rings. The Morgan fingerprint density at radius 1 is 0.778 bits per heavy atom. The average Bonchev–Trinajstić information content (AvgIpc) is 2.72. The number of nitriles is 1. The molecule has 0 aromatic carbocycles. The van der Waals surface area contributed by atoms with Gasteiger partial charge in [-0.2, -0.15) is 5.26 Å². The SMILES string of the molecule is CCCCCCCC1COC([C@]2(C#N)CC[C@@H](CCCCCC)CC2)OC1. The molecule has 27 heavy (non-hydrogen) atoms. The molecule has 1 aliphatic heterocycles. The van der Waals surface area contributed by atoms with Crippen molar-refractivity contribution in [3.8, 4) is 6.07 Å². The third kappa shape index (κ3) is 7.39. The van der Waals surface area contributed by atoms with Gasteiger partial charge in [0.2, 0.25) is 0 Å². The molecule has 0 radical (unpaired) electrons. The standard InChI is InChI=1S/C24H43NO2/c1-3-5-7-9-11-13-22-18-26-23(27-19-22)24(20-25)16-14-21(15-17-24)12-10-8-6-4-2/h21-23H,3-19H2,1-2H3/t21-,22?,23?,24-. The Hall–Kier alpha value is -0.590. The molecule has 1 aliphatic carbocycles. The van der Waals surface area contributed by atoms with Crippen molar-refractivity contribution in [2.45, 2.75) is 116 Å². The lowest BCUT2D eigenvalue weighted by atomic mass is 9.69. The quantitative estimate of drug-likeness (QED) is 0.344. The maximum Gasteiger partial charge on any atom is 0.176 e. The van der Waals surface area contributed by atoms with Gasteiger partial charge in [-0.15, -0.1) is 0 Å². The predicted octanol–water partition coefficient (Wildman–Crippen LogP) is 7.01.